The smallest absolute Gasteiger partial charge is 0.272 e. The van der Waals surface area contributed by atoms with E-state index in [1.54, 1.807) is 36.0 Å². The van der Waals surface area contributed by atoms with Crippen LogP contribution in [0.5, 0.6) is 0 Å². The molecule has 4 aromatic heterocycles. The Bertz CT molecular complexity index is 1580. The second-order valence-electron chi connectivity index (χ2n) is 7.38. The number of benzene rings is 1. The van der Waals surface area contributed by atoms with Crippen LogP contribution in [0.1, 0.15) is 0 Å². The molecule has 0 aliphatic carbocycles. The Hall–Kier alpha value is -4.86. The van der Waals surface area contributed by atoms with Gasteiger partial charge in [-0.15, -0.1) is 0 Å². The second-order valence-corrected chi connectivity index (χ2v) is 7.38. The zero-order valence-corrected chi connectivity index (χ0v) is 18.1. The van der Waals surface area contributed by atoms with Gasteiger partial charge in [0.05, 0.1) is 17.6 Å². The molecule has 0 bridgehead atoms. The zero-order chi connectivity index (χ0) is 23.7. The lowest BCUT2D eigenvalue weighted by Gasteiger charge is -2.05. The summed E-state index contributed by atoms with van der Waals surface area (Å²) in [6.45, 7) is 0. The predicted octanol–water partition coefficient (Wildman–Crippen LogP) is 3.33. The van der Waals surface area contributed by atoms with Gasteiger partial charge in [0.25, 0.3) is 5.91 Å². The summed E-state index contributed by atoms with van der Waals surface area (Å²) in [5, 5.41) is 7.34. The SMILES string of the molecule is CN=CC=C(N)C(=O)Nc1cn2nc(-c3c(-c4ccc(F)cc4)nc4ccccn34)ccc2n1. The number of pyridine rings is 1. The van der Waals surface area contributed by atoms with Crippen molar-refractivity contribution in [2.24, 2.45) is 10.7 Å². The lowest BCUT2D eigenvalue weighted by Crippen LogP contribution is -2.20. The van der Waals surface area contributed by atoms with Gasteiger partial charge in [0, 0.05) is 25.0 Å². The van der Waals surface area contributed by atoms with Gasteiger partial charge >= 0.3 is 0 Å². The van der Waals surface area contributed by atoms with E-state index in [-0.39, 0.29) is 11.5 Å². The van der Waals surface area contributed by atoms with E-state index >= 15 is 0 Å². The average Bonchev–Trinajstić information content (AvgIpc) is 3.43. The molecule has 10 heteroatoms. The molecule has 0 fully saturated rings. The Balaban J connectivity index is 1.57. The van der Waals surface area contributed by atoms with E-state index in [4.69, 9.17) is 15.8 Å². The van der Waals surface area contributed by atoms with Gasteiger partial charge in [0.1, 0.15) is 22.9 Å². The summed E-state index contributed by atoms with van der Waals surface area (Å²) in [5.74, 6) is -0.515. The number of halogens is 1. The second kappa shape index (κ2) is 8.58. The number of anilines is 1. The topological polar surface area (TPSA) is 115 Å². The van der Waals surface area contributed by atoms with Gasteiger partial charge in [0.15, 0.2) is 11.5 Å². The number of nitrogens with zero attached hydrogens (tertiary/aromatic N) is 6. The van der Waals surface area contributed by atoms with Crippen molar-refractivity contribution in [1.82, 2.24) is 24.0 Å². The zero-order valence-electron chi connectivity index (χ0n) is 18.1. The van der Waals surface area contributed by atoms with Gasteiger partial charge in [-0.05, 0) is 54.6 Å². The van der Waals surface area contributed by atoms with E-state index in [1.165, 1.54) is 24.4 Å². The van der Waals surface area contributed by atoms with Crippen molar-refractivity contribution in [2.45, 2.75) is 0 Å². The number of imidazole rings is 2. The van der Waals surface area contributed by atoms with E-state index in [0.717, 1.165) is 16.9 Å². The summed E-state index contributed by atoms with van der Waals surface area (Å²) in [6.07, 6.45) is 6.33. The number of nitrogens with two attached hydrogens (primary N) is 1. The van der Waals surface area contributed by atoms with Crippen LogP contribution in [0.15, 0.2) is 83.8 Å². The van der Waals surface area contributed by atoms with Gasteiger partial charge in [-0.25, -0.2) is 18.9 Å². The Morgan fingerprint density at radius 2 is 1.91 bits per heavy atom. The molecule has 34 heavy (non-hydrogen) atoms. The number of allylic oxidation sites excluding steroid dienone is 1. The van der Waals surface area contributed by atoms with Crippen molar-refractivity contribution in [2.75, 3.05) is 12.4 Å². The summed E-state index contributed by atoms with van der Waals surface area (Å²) in [7, 11) is 1.58. The monoisotopic (exact) mass is 454 g/mol. The minimum atomic E-state index is -0.496. The van der Waals surface area contributed by atoms with Crippen LogP contribution in [0.3, 0.4) is 0 Å². The molecule has 0 aliphatic rings. The van der Waals surface area contributed by atoms with E-state index in [0.29, 0.717) is 22.9 Å². The third-order valence-electron chi connectivity index (χ3n) is 5.12. The molecule has 168 valence electrons. The van der Waals surface area contributed by atoms with Gasteiger partial charge in [-0.1, -0.05) is 6.07 Å². The van der Waals surface area contributed by atoms with Gasteiger partial charge < -0.3 is 11.1 Å². The number of amides is 1. The summed E-state index contributed by atoms with van der Waals surface area (Å²) in [5.41, 5.74) is 9.82. The molecule has 9 nitrogen and oxygen atoms in total. The number of rotatable bonds is 5. The van der Waals surface area contributed by atoms with Crippen molar-refractivity contribution in [3.8, 4) is 22.6 Å². The maximum atomic E-state index is 13.5. The Morgan fingerprint density at radius 3 is 2.71 bits per heavy atom. The van der Waals surface area contributed by atoms with Crippen LogP contribution < -0.4 is 11.1 Å². The standard InChI is InChI=1S/C24H19FN8O/c1-27-12-11-17(26)24(34)29-19-14-33-21(28-19)10-9-18(31-33)23-22(15-5-7-16(25)8-6-15)30-20-4-2-3-13-32(20)23/h2-14H,26H2,1H3,(H,29,34). The fraction of sp³-hybridized carbons (Fsp3) is 0.0417. The number of carbonyl (C=O) groups excluding carboxylic acids is 1. The summed E-state index contributed by atoms with van der Waals surface area (Å²) < 4.78 is 17.0. The molecule has 1 amide bonds. The molecule has 3 N–H and O–H groups in total. The molecule has 0 atom stereocenters. The summed E-state index contributed by atoms with van der Waals surface area (Å²) in [4.78, 5) is 25.1. The van der Waals surface area contributed by atoms with Crippen molar-refractivity contribution in [3.05, 3.63) is 84.6 Å². The number of aromatic nitrogens is 5. The molecule has 0 unspecified atom stereocenters. The van der Waals surface area contributed by atoms with Gasteiger partial charge in [0.2, 0.25) is 0 Å². The number of nitrogens with one attached hydrogen (secondary N) is 1. The van der Waals surface area contributed by atoms with Crippen molar-refractivity contribution >= 4 is 29.2 Å². The molecule has 0 saturated carbocycles. The van der Waals surface area contributed by atoms with Crippen LogP contribution in [-0.2, 0) is 4.79 Å². The Labute approximate surface area is 193 Å². The van der Waals surface area contributed by atoms with E-state index in [2.05, 4.69) is 15.3 Å². The first-order valence-electron chi connectivity index (χ1n) is 10.3. The predicted molar refractivity (Wildman–Crippen MR) is 128 cm³/mol. The summed E-state index contributed by atoms with van der Waals surface area (Å²) in [6, 6.07) is 15.5. The highest BCUT2D eigenvalue weighted by atomic mass is 19.1. The highest BCUT2D eigenvalue weighted by Gasteiger charge is 2.18. The first kappa shape index (κ1) is 21.0. The van der Waals surface area contributed by atoms with Crippen LogP contribution in [0, 0.1) is 5.82 Å². The van der Waals surface area contributed by atoms with Crippen LogP contribution >= 0.6 is 0 Å². The third-order valence-corrected chi connectivity index (χ3v) is 5.12. The maximum Gasteiger partial charge on any atom is 0.272 e. The molecule has 0 aliphatic heterocycles. The largest absolute Gasteiger partial charge is 0.394 e. The number of hydrogen-bond donors (Lipinski definition) is 2. The van der Waals surface area contributed by atoms with Gasteiger partial charge in [-0.3, -0.25) is 14.2 Å². The lowest BCUT2D eigenvalue weighted by atomic mass is 10.1. The quantitative estimate of drug-likeness (QED) is 0.312. The molecule has 0 spiro atoms. The molecule has 5 rings (SSSR count). The fourth-order valence-corrected chi connectivity index (χ4v) is 3.54. The van der Waals surface area contributed by atoms with Crippen LogP contribution in [0.2, 0.25) is 0 Å². The molecule has 1 aromatic carbocycles. The van der Waals surface area contributed by atoms with Crippen molar-refractivity contribution < 1.29 is 9.18 Å². The van der Waals surface area contributed by atoms with Crippen LogP contribution in [0.4, 0.5) is 10.2 Å². The van der Waals surface area contributed by atoms with Crippen molar-refractivity contribution in [1.29, 1.82) is 0 Å². The molecule has 0 radical (unpaired) electrons. The highest BCUT2D eigenvalue weighted by Crippen LogP contribution is 2.32. The fourth-order valence-electron chi connectivity index (χ4n) is 3.54. The minimum Gasteiger partial charge on any atom is -0.394 e. The highest BCUT2D eigenvalue weighted by molar-refractivity contribution is 6.04. The summed E-state index contributed by atoms with van der Waals surface area (Å²) >= 11 is 0. The number of hydrogen-bond acceptors (Lipinski definition) is 6. The first-order chi connectivity index (χ1) is 16.5. The Kier molecular flexibility index (Phi) is 5.30. The molecular formula is C24H19FN8O. The maximum absolute atomic E-state index is 13.5. The van der Waals surface area contributed by atoms with E-state index in [1.807, 2.05) is 34.9 Å². The average molecular weight is 454 g/mol. The van der Waals surface area contributed by atoms with E-state index in [9.17, 15) is 9.18 Å². The van der Waals surface area contributed by atoms with E-state index < -0.39 is 5.91 Å². The normalized spacial score (nSPS) is 12.1. The first-order valence-corrected chi connectivity index (χ1v) is 10.3. The van der Waals surface area contributed by atoms with Crippen LogP contribution in [0.25, 0.3) is 33.9 Å². The van der Waals surface area contributed by atoms with Crippen molar-refractivity contribution in [3.63, 3.8) is 0 Å². The molecular weight excluding hydrogens is 435 g/mol. The number of aliphatic imine (C=N–C) groups is 1. The third kappa shape index (κ3) is 3.88. The Morgan fingerprint density at radius 1 is 1.09 bits per heavy atom. The van der Waals surface area contributed by atoms with Gasteiger partial charge in [-0.2, -0.15) is 5.10 Å². The number of carbonyl (C=O) groups is 1. The lowest BCUT2D eigenvalue weighted by molar-refractivity contribution is -0.112. The molecule has 4 heterocycles. The number of fused-ring (bicyclic) bond motifs is 2. The van der Waals surface area contributed by atoms with Crippen LogP contribution in [-0.4, -0.2) is 43.2 Å². The minimum absolute atomic E-state index is 0.00553. The molecule has 5 aromatic rings. The molecule has 0 saturated heterocycles.